The van der Waals surface area contributed by atoms with Crippen molar-refractivity contribution < 1.29 is 29.3 Å². The van der Waals surface area contributed by atoms with Crippen molar-refractivity contribution in [2.75, 3.05) is 13.2 Å². The number of carbonyl (C=O) groups excluding carboxylic acids is 2. The monoisotopic (exact) mass is 480 g/mol. The van der Waals surface area contributed by atoms with Crippen LogP contribution in [-0.2, 0) is 14.3 Å². The SMILES string of the molecule is O=C(O)CC(O)CNC(=O)[C@H]1CCCCC[C@H]1NC(=O)OCC1c2ccccc2-c2ccccc21. The molecule has 2 aliphatic rings. The van der Waals surface area contributed by atoms with Gasteiger partial charge in [0, 0.05) is 18.5 Å². The third-order valence-electron chi connectivity index (χ3n) is 6.92. The Hall–Kier alpha value is -3.39. The number of amides is 2. The summed E-state index contributed by atoms with van der Waals surface area (Å²) >= 11 is 0. The maximum atomic E-state index is 12.8. The lowest BCUT2D eigenvalue weighted by atomic mass is 9.93. The first kappa shape index (κ1) is 24.7. The molecule has 0 radical (unpaired) electrons. The highest BCUT2D eigenvalue weighted by Crippen LogP contribution is 2.44. The summed E-state index contributed by atoms with van der Waals surface area (Å²) < 4.78 is 5.67. The zero-order chi connectivity index (χ0) is 24.8. The zero-order valence-corrected chi connectivity index (χ0v) is 19.6. The number of nitrogens with one attached hydrogen (secondary N) is 2. The van der Waals surface area contributed by atoms with Gasteiger partial charge in [-0.25, -0.2) is 4.79 Å². The maximum absolute atomic E-state index is 12.8. The van der Waals surface area contributed by atoms with E-state index in [1.54, 1.807) is 0 Å². The van der Waals surface area contributed by atoms with Crippen molar-refractivity contribution in [3.05, 3.63) is 59.7 Å². The predicted molar refractivity (Wildman–Crippen MR) is 130 cm³/mol. The number of carbonyl (C=O) groups is 3. The maximum Gasteiger partial charge on any atom is 0.407 e. The lowest BCUT2D eigenvalue weighted by Gasteiger charge is -2.26. The van der Waals surface area contributed by atoms with Crippen LogP contribution in [0.15, 0.2) is 48.5 Å². The van der Waals surface area contributed by atoms with Crippen LogP contribution < -0.4 is 10.6 Å². The molecule has 2 aromatic carbocycles. The van der Waals surface area contributed by atoms with Crippen LogP contribution in [0.5, 0.6) is 0 Å². The van der Waals surface area contributed by atoms with E-state index in [1.807, 2.05) is 24.3 Å². The summed E-state index contributed by atoms with van der Waals surface area (Å²) in [7, 11) is 0. The molecule has 186 valence electrons. The van der Waals surface area contributed by atoms with Crippen LogP contribution in [0.3, 0.4) is 0 Å². The molecule has 0 spiro atoms. The van der Waals surface area contributed by atoms with Crippen molar-refractivity contribution in [2.45, 2.75) is 56.6 Å². The molecule has 3 atom stereocenters. The van der Waals surface area contributed by atoms with Gasteiger partial charge in [0.15, 0.2) is 0 Å². The van der Waals surface area contributed by atoms with Crippen LogP contribution in [0.4, 0.5) is 4.79 Å². The molecule has 0 heterocycles. The third-order valence-corrected chi connectivity index (χ3v) is 6.92. The predicted octanol–water partition coefficient (Wildman–Crippen LogP) is 3.43. The van der Waals surface area contributed by atoms with Crippen LogP contribution in [0, 0.1) is 5.92 Å². The molecule has 0 aliphatic heterocycles. The van der Waals surface area contributed by atoms with E-state index >= 15 is 0 Å². The Labute approximate surface area is 204 Å². The summed E-state index contributed by atoms with van der Waals surface area (Å²) in [6, 6.07) is 15.9. The third kappa shape index (κ3) is 6.00. The molecule has 1 unspecified atom stereocenters. The molecule has 8 nitrogen and oxygen atoms in total. The van der Waals surface area contributed by atoms with E-state index in [0.29, 0.717) is 12.8 Å². The molecule has 0 saturated heterocycles. The minimum Gasteiger partial charge on any atom is -0.481 e. The summed E-state index contributed by atoms with van der Waals surface area (Å²) in [5, 5.41) is 24.1. The van der Waals surface area contributed by atoms with Gasteiger partial charge in [0.2, 0.25) is 5.91 Å². The molecular formula is C27H32N2O6. The van der Waals surface area contributed by atoms with Crippen molar-refractivity contribution in [3.8, 4) is 11.1 Å². The number of aliphatic hydroxyl groups excluding tert-OH is 1. The van der Waals surface area contributed by atoms with Gasteiger partial charge >= 0.3 is 12.1 Å². The first-order valence-corrected chi connectivity index (χ1v) is 12.2. The number of fused-ring (bicyclic) bond motifs is 3. The van der Waals surface area contributed by atoms with Gasteiger partial charge in [-0.15, -0.1) is 0 Å². The van der Waals surface area contributed by atoms with E-state index in [-0.39, 0.29) is 31.0 Å². The van der Waals surface area contributed by atoms with Gasteiger partial charge in [-0.2, -0.15) is 0 Å². The van der Waals surface area contributed by atoms with Crippen LogP contribution in [0.1, 0.15) is 55.6 Å². The number of carboxylic acid groups (broad SMARTS) is 1. The highest BCUT2D eigenvalue weighted by atomic mass is 16.5. The molecule has 2 amide bonds. The molecule has 4 N–H and O–H groups in total. The molecule has 2 aromatic rings. The van der Waals surface area contributed by atoms with Crippen LogP contribution >= 0.6 is 0 Å². The van der Waals surface area contributed by atoms with Crippen LogP contribution in [0.25, 0.3) is 11.1 Å². The topological polar surface area (TPSA) is 125 Å². The van der Waals surface area contributed by atoms with Gasteiger partial charge in [0.05, 0.1) is 18.4 Å². The van der Waals surface area contributed by atoms with E-state index < -0.39 is 30.5 Å². The van der Waals surface area contributed by atoms with E-state index in [9.17, 15) is 19.5 Å². The number of hydrogen-bond donors (Lipinski definition) is 4. The number of alkyl carbamates (subject to hydrolysis) is 1. The molecule has 1 fully saturated rings. The van der Waals surface area contributed by atoms with Gasteiger partial charge in [-0.3, -0.25) is 9.59 Å². The second-order valence-electron chi connectivity index (χ2n) is 9.32. The lowest BCUT2D eigenvalue weighted by molar-refractivity contribution is -0.139. The summed E-state index contributed by atoms with van der Waals surface area (Å²) in [6.07, 6.45) is 1.83. The Morgan fingerprint density at radius 2 is 1.57 bits per heavy atom. The molecule has 4 rings (SSSR count). The molecule has 35 heavy (non-hydrogen) atoms. The van der Waals surface area contributed by atoms with Gasteiger partial charge in [0.1, 0.15) is 6.61 Å². The number of aliphatic carboxylic acids is 1. The van der Waals surface area contributed by atoms with Crippen molar-refractivity contribution >= 4 is 18.0 Å². The van der Waals surface area contributed by atoms with Gasteiger partial charge < -0.3 is 25.6 Å². The lowest BCUT2D eigenvalue weighted by Crippen LogP contribution is -2.48. The Bertz CT molecular complexity index is 1030. The van der Waals surface area contributed by atoms with E-state index in [2.05, 4.69) is 34.9 Å². The van der Waals surface area contributed by atoms with Crippen molar-refractivity contribution in [2.24, 2.45) is 5.92 Å². The van der Waals surface area contributed by atoms with E-state index in [0.717, 1.165) is 41.5 Å². The second-order valence-corrected chi connectivity index (χ2v) is 9.32. The smallest absolute Gasteiger partial charge is 0.407 e. The number of carboxylic acids is 1. The molecule has 2 aliphatic carbocycles. The molecule has 0 bridgehead atoms. The Balaban J connectivity index is 1.36. The van der Waals surface area contributed by atoms with E-state index in [1.165, 1.54) is 0 Å². The molecule has 0 aromatic heterocycles. The quantitative estimate of drug-likeness (QED) is 0.429. The number of hydrogen-bond acceptors (Lipinski definition) is 5. The fourth-order valence-electron chi connectivity index (χ4n) is 5.21. The molecule has 8 heteroatoms. The summed E-state index contributed by atoms with van der Waals surface area (Å²) in [5.74, 6) is -1.93. The fourth-order valence-corrected chi connectivity index (χ4v) is 5.21. The Kier molecular flexibility index (Phi) is 8.02. The number of aliphatic hydroxyl groups is 1. The number of benzene rings is 2. The number of ether oxygens (including phenoxy) is 1. The van der Waals surface area contributed by atoms with Gasteiger partial charge in [-0.1, -0.05) is 67.8 Å². The summed E-state index contributed by atoms with van der Waals surface area (Å²) in [4.78, 5) is 36.3. The minimum atomic E-state index is -1.16. The molecular weight excluding hydrogens is 448 g/mol. The van der Waals surface area contributed by atoms with Crippen molar-refractivity contribution in [1.82, 2.24) is 10.6 Å². The standard InChI is InChI=1S/C27H32N2O6/c30-17(14-25(31)32)15-28-26(33)22-12-2-1-3-13-24(22)29-27(34)35-16-23-20-10-6-4-8-18(20)19-9-5-7-11-21(19)23/h4-11,17,22-24,30H,1-3,12-16H2,(H,28,33)(H,29,34)(H,31,32)/t17?,22-,24+/m0/s1. The van der Waals surface area contributed by atoms with Crippen molar-refractivity contribution in [1.29, 1.82) is 0 Å². The first-order valence-electron chi connectivity index (χ1n) is 12.2. The highest BCUT2D eigenvalue weighted by Gasteiger charge is 2.33. The Morgan fingerprint density at radius 1 is 0.943 bits per heavy atom. The van der Waals surface area contributed by atoms with Crippen LogP contribution in [-0.4, -0.2) is 53.5 Å². The normalized spacial score (nSPS) is 20.1. The van der Waals surface area contributed by atoms with Crippen LogP contribution in [0.2, 0.25) is 0 Å². The van der Waals surface area contributed by atoms with E-state index in [4.69, 9.17) is 9.84 Å². The number of rotatable bonds is 8. The van der Waals surface area contributed by atoms with Gasteiger partial charge in [0.25, 0.3) is 0 Å². The summed E-state index contributed by atoms with van der Waals surface area (Å²) in [5.41, 5.74) is 4.58. The molecule has 1 saturated carbocycles. The van der Waals surface area contributed by atoms with Gasteiger partial charge in [-0.05, 0) is 35.1 Å². The Morgan fingerprint density at radius 3 is 2.23 bits per heavy atom. The minimum absolute atomic E-state index is 0.0443. The second kappa shape index (κ2) is 11.4. The largest absolute Gasteiger partial charge is 0.481 e. The average Bonchev–Trinajstić information content (AvgIpc) is 2.97. The fraction of sp³-hybridized carbons (Fsp3) is 0.444. The van der Waals surface area contributed by atoms with Crippen molar-refractivity contribution in [3.63, 3.8) is 0 Å². The highest BCUT2D eigenvalue weighted by molar-refractivity contribution is 5.81. The summed E-state index contributed by atoms with van der Waals surface area (Å²) in [6.45, 7) is 0.0596. The average molecular weight is 481 g/mol. The zero-order valence-electron chi connectivity index (χ0n) is 19.6. The first-order chi connectivity index (χ1) is 16.9.